The van der Waals surface area contributed by atoms with Gasteiger partial charge in [0.15, 0.2) is 0 Å². The molecule has 4 N–H and O–H groups in total. The monoisotopic (exact) mass is 321 g/mol. The van der Waals surface area contributed by atoms with E-state index < -0.39 is 17.7 Å². The van der Waals surface area contributed by atoms with E-state index in [9.17, 15) is 9.59 Å². The first-order chi connectivity index (χ1) is 10.7. The van der Waals surface area contributed by atoms with Gasteiger partial charge in [-0.2, -0.15) is 0 Å². The molecule has 2 amide bonds. The van der Waals surface area contributed by atoms with Gasteiger partial charge >= 0.3 is 6.09 Å². The maximum absolute atomic E-state index is 12.0. The average molecular weight is 321 g/mol. The summed E-state index contributed by atoms with van der Waals surface area (Å²) in [5.41, 5.74) is 6.02. The van der Waals surface area contributed by atoms with Gasteiger partial charge in [-0.15, -0.1) is 0 Å². The van der Waals surface area contributed by atoms with E-state index in [-0.39, 0.29) is 18.5 Å². The second kappa shape index (κ2) is 8.53. The van der Waals surface area contributed by atoms with Gasteiger partial charge in [0.25, 0.3) is 0 Å². The zero-order valence-electron chi connectivity index (χ0n) is 14.3. The lowest BCUT2D eigenvalue weighted by Gasteiger charge is -2.24. The Bertz CT molecular complexity index is 510. The molecule has 6 heteroatoms. The number of carbonyl (C=O) groups excluding carboxylic acids is 2. The molecule has 0 aromatic heterocycles. The van der Waals surface area contributed by atoms with Crippen LogP contribution in [0.5, 0.6) is 0 Å². The molecule has 0 radical (unpaired) electrons. The molecule has 0 aliphatic heterocycles. The van der Waals surface area contributed by atoms with Gasteiger partial charge in [-0.3, -0.25) is 4.79 Å². The number of benzene rings is 1. The molecule has 2 atom stereocenters. The highest BCUT2D eigenvalue weighted by atomic mass is 16.6. The molecule has 0 heterocycles. The Labute approximate surface area is 137 Å². The molecule has 1 rings (SSSR count). The van der Waals surface area contributed by atoms with Crippen molar-refractivity contribution in [2.75, 3.05) is 6.54 Å². The molecule has 0 bridgehead atoms. The molecular formula is C17H27N3O3. The van der Waals surface area contributed by atoms with E-state index in [0.29, 0.717) is 6.42 Å². The van der Waals surface area contributed by atoms with Crippen LogP contribution < -0.4 is 16.4 Å². The van der Waals surface area contributed by atoms with Gasteiger partial charge in [0.05, 0.1) is 12.1 Å². The fraction of sp³-hybridized carbons (Fsp3) is 0.529. The van der Waals surface area contributed by atoms with E-state index in [4.69, 9.17) is 10.5 Å². The second-order valence-electron chi connectivity index (χ2n) is 6.57. The van der Waals surface area contributed by atoms with Crippen molar-refractivity contribution in [3.8, 4) is 0 Å². The Morgan fingerprint density at radius 1 is 1.22 bits per heavy atom. The number of nitrogens with two attached hydrogens (primary N) is 1. The lowest BCUT2D eigenvalue weighted by Crippen LogP contribution is -2.49. The highest BCUT2D eigenvalue weighted by Gasteiger charge is 2.20. The zero-order chi connectivity index (χ0) is 17.5. The molecule has 0 aliphatic carbocycles. The quantitative estimate of drug-likeness (QED) is 0.741. The minimum atomic E-state index is -0.589. The molecular weight excluding hydrogens is 294 g/mol. The third-order valence-electron chi connectivity index (χ3n) is 2.98. The summed E-state index contributed by atoms with van der Waals surface area (Å²) in [7, 11) is 0. The van der Waals surface area contributed by atoms with Crippen LogP contribution in [0.15, 0.2) is 30.3 Å². The number of rotatable bonds is 6. The van der Waals surface area contributed by atoms with Gasteiger partial charge in [0, 0.05) is 6.54 Å². The highest BCUT2D eigenvalue weighted by Crippen LogP contribution is 2.08. The van der Waals surface area contributed by atoms with Crippen LogP contribution in [-0.2, 0) is 16.0 Å². The maximum atomic E-state index is 12.0. The normalized spacial score (nSPS) is 13.8. The number of ether oxygens (including phenoxy) is 1. The van der Waals surface area contributed by atoms with Crippen LogP contribution in [0.1, 0.15) is 33.3 Å². The van der Waals surface area contributed by atoms with Crippen LogP contribution in [0.4, 0.5) is 4.79 Å². The predicted octanol–water partition coefficient (Wildman–Crippen LogP) is 1.59. The zero-order valence-corrected chi connectivity index (χ0v) is 14.3. The average Bonchev–Trinajstić information content (AvgIpc) is 2.43. The highest BCUT2D eigenvalue weighted by molar-refractivity contribution is 5.81. The Kier molecular flexibility index (Phi) is 7.03. The van der Waals surface area contributed by atoms with E-state index in [1.807, 2.05) is 30.3 Å². The van der Waals surface area contributed by atoms with E-state index in [1.54, 1.807) is 27.7 Å². The topological polar surface area (TPSA) is 93.5 Å². The van der Waals surface area contributed by atoms with Crippen molar-refractivity contribution in [2.45, 2.75) is 51.8 Å². The summed E-state index contributed by atoms with van der Waals surface area (Å²) in [4.78, 5) is 23.6. The van der Waals surface area contributed by atoms with Gasteiger partial charge in [0.1, 0.15) is 5.60 Å². The first-order valence-corrected chi connectivity index (χ1v) is 7.74. The number of nitrogens with one attached hydrogen (secondary N) is 2. The van der Waals surface area contributed by atoms with Crippen molar-refractivity contribution >= 4 is 12.0 Å². The Hall–Kier alpha value is -2.08. The summed E-state index contributed by atoms with van der Waals surface area (Å²) in [6, 6.07) is 8.86. The fourth-order valence-corrected chi connectivity index (χ4v) is 1.93. The van der Waals surface area contributed by atoms with Crippen LogP contribution in [0.3, 0.4) is 0 Å². The van der Waals surface area contributed by atoms with Gasteiger partial charge < -0.3 is 21.1 Å². The van der Waals surface area contributed by atoms with Gasteiger partial charge in [-0.1, -0.05) is 30.3 Å². The molecule has 0 unspecified atom stereocenters. The predicted molar refractivity (Wildman–Crippen MR) is 90.0 cm³/mol. The molecule has 6 nitrogen and oxygen atoms in total. The Morgan fingerprint density at radius 2 is 1.83 bits per heavy atom. The number of carbonyl (C=O) groups is 2. The second-order valence-corrected chi connectivity index (χ2v) is 6.57. The maximum Gasteiger partial charge on any atom is 0.407 e. The number of hydrogen-bond acceptors (Lipinski definition) is 4. The van der Waals surface area contributed by atoms with Crippen molar-refractivity contribution in [3.63, 3.8) is 0 Å². The number of hydrogen-bond donors (Lipinski definition) is 3. The molecule has 0 fully saturated rings. The lowest BCUT2D eigenvalue weighted by atomic mass is 10.1. The lowest BCUT2D eigenvalue weighted by molar-refractivity contribution is -0.122. The molecule has 0 aliphatic rings. The van der Waals surface area contributed by atoms with Crippen molar-refractivity contribution < 1.29 is 14.3 Å². The van der Waals surface area contributed by atoms with E-state index in [0.717, 1.165) is 5.56 Å². The van der Waals surface area contributed by atoms with Crippen LogP contribution in [0.25, 0.3) is 0 Å². The third-order valence-corrected chi connectivity index (χ3v) is 2.98. The SMILES string of the molecule is C[C@@H](N)C(=O)NC[C@H](Cc1ccccc1)NC(=O)OC(C)(C)C. The summed E-state index contributed by atoms with van der Waals surface area (Å²) >= 11 is 0. The fourth-order valence-electron chi connectivity index (χ4n) is 1.93. The third kappa shape index (κ3) is 8.21. The smallest absolute Gasteiger partial charge is 0.407 e. The number of amides is 2. The van der Waals surface area contributed by atoms with E-state index >= 15 is 0 Å². The minimum Gasteiger partial charge on any atom is -0.444 e. The van der Waals surface area contributed by atoms with Crippen molar-refractivity contribution in [3.05, 3.63) is 35.9 Å². The van der Waals surface area contributed by atoms with Crippen LogP contribution in [0, 0.1) is 0 Å². The Balaban J connectivity index is 2.67. The van der Waals surface area contributed by atoms with Gasteiger partial charge in [-0.25, -0.2) is 4.79 Å². The van der Waals surface area contributed by atoms with Crippen LogP contribution in [0.2, 0.25) is 0 Å². The molecule has 128 valence electrons. The Morgan fingerprint density at radius 3 is 2.35 bits per heavy atom. The first kappa shape index (κ1) is 19.0. The molecule has 1 aromatic carbocycles. The van der Waals surface area contributed by atoms with Crippen LogP contribution in [-0.4, -0.2) is 36.2 Å². The molecule has 0 spiro atoms. The minimum absolute atomic E-state index is 0.256. The van der Waals surface area contributed by atoms with Crippen molar-refractivity contribution in [1.29, 1.82) is 0 Å². The van der Waals surface area contributed by atoms with Crippen LogP contribution >= 0.6 is 0 Å². The van der Waals surface area contributed by atoms with Gasteiger partial charge in [0.2, 0.25) is 5.91 Å². The van der Waals surface area contributed by atoms with Crippen molar-refractivity contribution in [1.82, 2.24) is 10.6 Å². The number of alkyl carbamates (subject to hydrolysis) is 1. The summed E-state index contributed by atoms with van der Waals surface area (Å²) in [5, 5.41) is 5.54. The van der Waals surface area contributed by atoms with E-state index in [2.05, 4.69) is 10.6 Å². The van der Waals surface area contributed by atoms with Crippen molar-refractivity contribution in [2.24, 2.45) is 5.73 Å². The summed E-state index contributed by atoms with van der Waals surface area (Å²) in [5.74, 6) is -0.256. The van der Waals surface area contributed by atoms with Gasteiger partial charge in [-0.05, 0) is 39.7 Å². The standard InChI is InChI=1S/C17H27N3O3/c1-12(18)15(21)19-11-14(10-13-8-6-5-7-9-13)20-16(22)23-17(2,3)4/h5-9,12,14H,10-11,18H2,1-4H3,(H,19,21)(H,20,22)/t12-,14+/m1/s1. The molecule has 0 saturated carbocycles. The summed E-state index contributed by atoms with van der Waals surface area (Å²) in [6.07, 6.45) is 0.0766. The molecule has 23 heavy (non-hydrogen) atoms. The molecule has 1 aromatic rings. The largest absolute Gasteiger partial charge is 0.444 e. The summed E-state index contributed by atoms with van der Waals surface area (Å²) < 4.78 is 5.27. The first-order valence-electron chi connectivity index (χ1n) is 7.74. The summed E-state index contributed by atoms with van der Waals surface area (Å²) in [6.45, 7) is 7.31. The molecule has 0 saturated heterocycles. The van der Waals surface area contributed by atoms with E-state index in [1.165, 1.54) is 0 Å².